The summed E-state index contributed by atoms with van der Waals surface area (Å²) in [7, 11) is 0. The molecule has 0 aliphatic carbocycles. The molecule has 9 nitrogen and oxygen atoms in total. The number of hydrogen-bond donors (Lipinski definition) is 0. The van der Waals surface area contributed by atoms with Crippen LogP contribution in [0.25, 0.3) is 5.78 Å². The van der Waals surface area contributed by atoms with E-state index in [9.17, 15) is 10.1 Å². The maximum atomic E-state index is 10.9. The molecule has 0 N–H and O–H groups in total. The Morgan fingerprint density at radius 3 is 2.91 bits per heavy atom. The molecule has 9 heteroatoms. The number of ether oxygens (including phenoxy) is 2. The van der Waals surface area contributed by atoms with Gasteiger partial charge in [-0.3, -0.25) is 14.5 Å². The summed E-state index contributed by atoms with van der Waals surface area (Å²) in [6, 6.07) is 7.27. The van der Waals surface area contributed by atoms with Gasteiger partial charge in [0.15, 0.2) is 23.4 Å². The lowest BCUT2D eigenvalue weighted by atomic mass is 10.2. The lowest BCUT2D eigenvalue weighted by Gasteiger charge is -2.25. The second kappa shape index (κ2) is 4.65. The highest BCUT2D eigenvalue weighted by molar-refractivity contribution is 5.41. The van der Waals surface area contributed by atoms with Gasteiger partial charge in [-0.15, -0.1) is 10.2 Å². The Morgan fingerprint density at radius 2 is 2.09 bits per heavy atom. The van der Waals surface area contributed by atoms with Gasteiger partial charge in [-0.05, 0) is 12.1 Å². The fourth-order valence-electron chi connectivity index (χ4n) is 2.26. The number of nitro groups is 1. The first-order valence-corrected chi connectivity index (χ1v) is 6.46. The van der Waals surface area contributed by atoms with E-state index in [-0.39, 0.29) is 18.1 Å². The van der Waals surface area contributed by atoms with Crippen LogP contribution >= 0.6 is 0 Å². The second-order valence-electron chi connectivity index (χ2n) is 4.66. The predicted octanol–water partition coefficient (Wildman–Crippen LogP) is 1.54. The van der Waals surface area contributed by atoms with Crippen LogP contribution in [0.4, 0.5) is 5.69 Å². The van der Waals surface area contributed by atoms with Crippen LogP contribution < -0.4 is 9.47 Å². The molecule has 0 fully saturated rings. The van der Waals surface area contributed by atoms with Gasteiger partial charge in [-0.1, -0.05) is 12.1 Å². The topological polar surface area (TPSA) is 105 Å². The average molecular weight is 299 g/mol. The van der Waals surface area contributed by atoms with Gasteiger partial charge in [0.05, 0.1) is 11.1 Å². The molecule has 0 radical (unpaired) electrons. The SMILES string of the molecule is O=[N+]([O-])c1cnc2nnc([C@H]3COc4ccccc4O3)n2c1. The lowest BCUT2D eigenvalue weighted by Crippen LogP contribution is -2.23. The summed E-state index contributed by atoms with van der Waals surface area (Å²) >= 11 is 0. The molecule has 2 aromatic heterocycles. The normalized spacial score (nSPS) is 16.6. The summed E-state index contributed by atoms with van der Waals surface area (Å²) in [6.45, 7) is 0.237. The molecule has 1 atom stereocenters. The van der Waals surface area contributed by atoms with Crippen LogP contribution in [0.15, 0.2) is 36.7 Å². The summed E-state index contributed by atoms with van der Waals surface area (Å²) in [4.78, 5) is 14.3. The fourth-order valence-corrected chi connectivity index (χ4v) is 2.26. The van der Waals surface area contributed by atoms with Crippen molar-refractivity contribution in [3.8, 4) is 11.5 Å². The van der Waals surface area contributed by atoms with Gasteiger partial charge >= 0.3 is 5.69 Å². The average Bonchev–Trinajstić information content (AvgIpc) is 2.97. The first-order valence-electron chi connectivity index (χ1n) is 6.46. The zero-order chi connectivity index (χ0) is 15.1. The third-order valence-corrected chi connectivity index (χ3v) is 3.29. The van der Waals surface area contributed by atoms with Gasteiger partial charge in [0.2, 0.25) is 0 Å². The molecule has 0 bridgehead atoms. The Balaban J connectivity index is 1.75. The highest BCUT2D eigenvalue weighted by Crippen LogP contribution is 2.35. The van der Waals surface area contributed by atoms with Crippen LogP contribution in [0.2, 0.25) is 0 Å². The van der Waals surface area contributed by atoms with Gasteiger partial charge in [0.1, 0.15) is 12.8 Å². The van der Waals surface area contributed by atoms with Crippen LogP contribution in [-0.4, -0.2) is 31.1 Å². The molecule has 0 spiro atoms. The molecule has 1 aliphatic heterocycles. The highest BCUT2D eigenvalue weighted by Gasteiger charge is 2.27. The van der Waals surface area contributed by atoms with E-state index in [2.05, 4.69) is 15.2 Å². The molecule has 4 rings (SSSR count). The van der Waals surface area contributed by atoms with Crippen LogP contribution in [0.3, 0.4) is 0 Å². The number of para-hydroxylation sites is 2. The molecule has 0 saturated heterocycles. The van der Waals surface area contributed by atoms with Crippen molar-refractivity contribution in [2.24, 2.45) is 0 Å². The van der Waals surface area contributed by atoms with E-state index in [0.717, 1.165) is 6.20 Å². The first-order chi connectivity index (χ1) is 10.7. The van der Waals surface area contributed by atoms with Gasteiger partial charge in [0, 0.05) is 0 Å². The largest absolute Gasteiger partial charge is 0.485 e. The minimum atomic E-state index is -0.524. The third-order valence-electron chi connectivity index (χ3n) is 3.29. The Labute approximate surface area is 123 Å². The number of nitrogens with zero attached hydrogens (tertiary/aromatic N) is 5. The first kappa shape index (κ1) is 12.5. The summed E-state index contributed by atoms with van der Waals surface area (Å²) < 4.78 is 12.9. The van der Waals surface area contributed by atoms with Crippen molar-refractivity contribution in [1.82, 2.24) is 19.6 Å². The molecule has 1 aliphatic rings. The van der Waals surface area contributed by atoms with Crippen LogP contribution in [0.5, 0.6) is 11.5 Å². The summed E-state index contributed by atoms with van der Waals surface area (Å²) in [5.41, 5.74) is -0.148. The molecule has 1 aromatic carbocycles. The Hall–Kier alpha value is -3.23. The van der Waals surface area contributed by atoms with Crippen molar-refractivity contribution in [3.05, 3.63) is 52.6 Å². The standard InChI is InChI=1S/C13H9N5O4/c19-18(20)8-5-14-13-16-15-12(17(13)6-8)11-7-21-9-3-1-2-4-10(9)22-11/h1-6,11H,7H2/t11-/m1/s1. The minimum Gasteiger partial charge on any atom is -0.485 e. The maximum Gasteiger partial charge on any atom is 0.304 e. The molecular formula is C13H9N5O4. The van der Waals surface area contributed by atoms with Crippen LogP contribution in [0, 0.1) is 10.1 Å². The van der Waals surface area contributed by atoms with E-state index < -0.39 is 11.0 Å². The second-order valence-corrected chi connectivity index (χ2v) is 4.66. The van der Waals surface area contributed by atoms with Gasteiger partial charge < -0.3 is 9.47 Å². The predicted molar refractivity (Wildman–Crippen MR) is 72.7 cm³/mol. The van der Waals surface area contributed by atoms with Crippen molar-refractivity contribution < 1.29 is 14.4 Å². The Kier molecular flexibility index (Phi) is 2.65. The number of aromatic nitrogens is 4. The molecule has 110 valence electrons. The highest BCUT2D eigenvalue weighted by atomic mass is 16.6. The van der Waals surface area contributed by atoms with Gasteiger partial charge in [-0.25, -0.2) is 4.98 Å². The molecule has 22 heavy (non-hydrogen) atoms. The van der Waals surface area contributed by atoms with E-state index in [0.29, 0.717) is 17.3 Å². The van der Waals surface area contributed by atoms with E-state index in [1.165, 1.54) is 10.6 Å². The quantitative estimate of drug-likeness (QED) is 0.522. The van der Waals surface area contributed by atoms with Crippen LogP contribution in [-0.2, 0) is 0 Å². The van der Waals surface area contributed by atoms with Crippen molar-refractivity contribution >= 4 is 11.5 Å². The lowest BCUT2D eigenvalue weighted by molar-refractivity contribution is -0.385. The smallest absolute Gasteiger partial charge is 0.304 e. The summed E-state index contributed by atoms with van der Waals surface area (Å²) in [5, 5.41) is 18.8. The number of fused-ring (bicyclic) bond motifs is 2. The maximum absolute atomic E-state index is 10.9. The Bertz CT molecular complexity index is 878. The molecular weight excluding hydrogens is 290 g/mol. The number of benzene rings is 1. The molecule has 0 saturated carbocycles. The zero-order valence-electron chi connectivity index (χ0n) is 11.1. The van der Waals surface area contributed by atoms with E-state index in [1.54, 1.807) is 12.1 Å². The summed E-state index contributed by atoms with van der Waals surface area (Å²) in [6.07, 6.45) is 1.94. The Morgan fingerprint density at radius 1 is 1.27 bits per heavy atom. The minimum absolute atomic E-state index is 0.148. The summed E-state index contributed by atoms with van der Waals surface area (Å²) in [5.74, 6) is 1.91. The number of rotatable bonds is 2. The monoisotopic (exact) mass is 299 g/mol. The van der Waals surface area contributed by atoms with Crippen molar-refractivity contribution in [3.63, 3.8) is 0 Å². The number of hydrogen-bond acceptors (Lipinski definition) is 7. The third kappa shape index (κ3) is 1.91. The zero-order valence-corrected chi connectivity index (χ0v) is 11.1. The van der Waals surface area contributed by atoms with E-state index >= 15 is 0 Å². The molecule has 0 unspecified atom stereocenters. The van der Waals surface area contributed by atoms with Crippen molar-refractivity contribution in [2.75, 3.05) is 6.61 Å². The molecule has 0 amide bonds. The van der Waals surface area contributed by atoms with Gasteiger partial charge in [0.25, 0.3) is 5.78 Å². The fraction of sp³-hybridized carbons (Fsp3) is 0.154. The molecule has 3 aromatic rings. The van der Waals surface area contributed by atoms with Crippen molar-refractivity contribution in [2.45, 2.75) is 6.10 Å². The van der Waals surface area contributed by atoms with Gasteiger partial charge in [-0.2, -0.15) is 0 Å². The van der Waals surface area contributed by atoms with Crippen LogP contribution in [0.1, 0.15) is 11.9 Å². The van der Waals surface area contributed by atoms with E-state index in [4.69, 9.17) is 9.47 Å². The molecule has 3 heterocycles. The van der Waals surface area contributed by atoms with E-state index in [1.807, 2.05) is 12.1 Å². The van der Waals surface area contributed by atoms with Crippen molar-refractivity contribution in [1.29, 1.82) is 0 Å².